The normalized spacial score (nSPS) is 21.4. The molecule has 0 spiro atoms. The van der Waals surface area contributed by atoms with Gasteiger partial charge in [0.05, 0.1) is 12.5 Å². The van der Waals surface area contributed by atoms with Gasteiger partial charge in [0.15, 0.2) is 0 Å². The van der Waals surface area contributed by atoms with Gasteiger partial charge < -0.3 is 14.5 Å². The molecule has 1 aromatic heterocycles. The Morgan fingerprint density at radius 1 is 1.17 bits per heavy atom. The van der Waals surface area contributed by atoms with Gasteiger partial charge in [-0.3, -0.25) is 4.79 Å². The van der Waals surface area contributed by atoms with Crippen LogP contribution in [0.2, 0.25) is 0 Å². The molecular weight excluding hydrogens is 304 g/mol. The van der Waals surface area contributed by atoms with Crippen molar-refractivity contribution < 1.29 is 9.53 Å². The van der Waals surface area contributed by atoms with E-state index in [2.05, 4.69) is 25.8 Å². The molecule has 3 rings (SSSR count). The predicted octanol–water partition coefficient (Wildman–Crippen LogP) is 2.63. The fraction of sp³-hybridized carbons (Fsp3) is 0.722. The third kappa shape index (κ3) is 4.36. The van der Waals surface area contributed by atoms with E-state index < -0.39 is 0 Å². The summed E-state index contributed by atoms with van der Waals surface area (Å²) in [5, 5.41) is 0. The minimum atomic E-state index is -0.0858. The number of nitrogens with zero attached hydrogens (tertiary/aromatic N) is 4. The fourth-order valence-corrected chi connectivity index (χ4v) is 3.62. The molecule has 0 aromatic carbocycles. The van der Waals surface area contributed by atoms with Crippen molar-refractivity contribution in [3.8, 4) is 0 Å². The van der Waals surface area contributed by atoms with Crippen LogP contribution in [0.25, 0.3) is 0 Å². The zero-order chi connectivity index (χ0) is 16.9. The summed E-state index contributed by atoms with van der Waals surface area (Å²) in [6.07, 6.45) is 6.77. The van der Waals surface area contributed by atoms with Gasteiger partial charge in [-0.15, -0.1) is 0 Å². The highest BCUT2D eigenvalue weighted by atomic mass is 16.5. The molecule has 0 bridgehead atoms. The summed E-state index contributed by atoms with van der Waals surface area (Å²) in [6, 6.07) is 2.10. The van der Waals surface area contributed by atoms with E-state index in [1.54, 1.807) is 6.33 Å². The van der Waals surface area contributed by atoms with Crippen molar-refractivity contribution in [2.75, 3.05) is 36.0 Å². The van der Waals surface area contributed by atoms with Gasteiger partial charge in [-0.2, -0.15) is 0 Å². The number of hydrogen-bond donors (Lipinski definition) is 0. The second-order valence-corrected chi connectivity index (χ2v) is 7.13. The SMILES string of the molecule is CC(C)OC(=O)CC1CCCN(c2cc(N3CCCC3)ncn2)C1. The molecule has 24 heavy (non-hydrogen) atoms. The first-order chi connectivity index (χ1) is 11.6. The molecule has 0 amide bonds. The minimum absolute atomic E-state index is 0.0397. The molecule has 1 atom stereocenters. The van der Waals surface area contributed by atoms with E-state index in [-0.39, 0.29) is 12.1 Å². The molecule has 132 valence electrons. The van der Waals surface area contributed by atoms with E-state index in [1.165, 1.54) is 12.8 Å². The fourth-order valence-electron chi connectivity index (χ4n) is 3.62. The third-order valence-electron chi connectivity index (χ3n) is 4.73. The number of aromatic nitrogens is 2. The van der Waals surface area contributed by atoms with Gasteiger partial charge in [-0.05, 0) is 45.4 Å². The summed E-state index contributed by atoms with van der Waals surface area (Å²) in [7, 11) is 0. The topological polar surface area (TPSA) is 58.6 Å². The Morgan fingerprint density at radius 2 is 1.83 bits per heavy atom. The van der Waals surface area contributed by atoms with Crippen LogP contribution in [0.5, 0.6) is 0 Å². The number of anilines is 2. The van der Waals surface area contributed by atoms with Crippen LogP contribution in [-0.2, 0) is 9.53 Å². The maximum Gasteiger partial charge on any atom is 0.306 e. The predicted molar refractivity (Wildman–Crippen MR) is 94.3 cm³/mol. The van der Waals surface area contributed by atoms with Crippen LogP contribution in [0.4, 0.5) is 11.6 Å². The van der Waals surface area contributed by atoms with Crippen LogP contribution in [0, 0.1) is 5.92 Å². The molecule has 1 unspecified atom stereocenters. The Balaban J connectivity index is 1.62. The van der Waals surface area contributed by atoms with Gasteiger partial charge in [0, 0.05) is 32.2 Å². The molecule has 0 aliphatic carbocycles. The smallest absolute Gasteiger partial charge is 0.306 e. The Bertz CT molecular complexity index is 558. The highest BCUT2D eigenvalue weighted by Gasteiger charge is 2.25. The highest BCUT2D eigenvalue weighted by Crippen LogP contribution is 2.26. The number of rotatable bonds is 5. The number of carbonyl (C=O) groups is 1. The van der Waals surface area contributed by atoms with Crippen molar-refractivity contribution in [1.82, 2.24) is 9.97 Å². The number of hydrogen-bond acceptors (Lipinski definition) is 6. The van der Waals surface area contributed by atoms with Crippen LogP contribution in [0.1, 0.15) is 46.0 Å². The van der Waals surface area contributed by atoms with Crippen molar-refractivity contribution in [3.63, 3.8) is 0 Å². The summed E-state index contributed by atoms with van der Waals surface area (Å²) in [4.78, 5) is 25.4. The first-order valence-corrected chi connectivity index (χ1v) is 9.13. The Labute approximate surface area is 144 Å². The molecule has 6 heteroatoms. The molecule has 0 radical (unpaired) electrons. The minimum Gasteiger partial charge on any atom is -0.463 e. The molecule has 0 N–H and O–H groups in total. The van der Waals surface area contributed by atoms with Gasteiger partial charge in [0.1, 0.15) is 18.0 Å². The molecule has 3 heterocycles. The lowest BCUT2D eigenvalue weighted by atomic mass is 9.95. The average molecular weight is 332 g/mol. The van der Waals surface area contributed by atoms with Crippen LogP contribution < -0.4 is 9.80 Å². The molecule has 1 aromatic rings. The molecule has 6 nitrogen and oxygen atoms in total. The number of esters is 1. The van der Waals surface area contributed by atoms with E-state index in [4.69, 9.17) is 4.74 Å². The average Bonchev–Trinajstić information content (AvgIpc) is 3.09. The zero-order valence-electron chi connectivity index (χ0n) is 14.8. The van der Waals surface area contributed by atoms with E-state index in [0.29, 0.717) is 12.3 Å². The van der Waals surface area contributed by atoms with Crippen LogP contribution in [0.15, 0.2) is 12.4 Å². The lowest BCUT2D eigenvalue weighted by Gasteiger charge is -2.33. The molecular formula is C18H28N4O2. The van der Waals surface area contributed by atoms with Crippen LogP contribution in [-0.4, -0.2) is 48.2 Å². The summed E-state index contributed by atoms with van der Waals surface area (Å²) in [6.45, 7) is 7.81. The highest BCUT2D eigenvalue weighted by molar-refractivity contribution is 5.70. The van der Waals surface area contributed by atoms with Crippen LogP contribution >= 0.6 is 0 Å². The maximum absolute atomic E-state index is 11.9. The number of piperidine rings is 1. The summed E-state index contributed by atoms with van der Waals surface area (Å²) >= 11 is 0. The number of carbonyl (C=O) groups excluding carboxylic acids is 1. The van der Waals surface area contributed by atoms with Gasteiger partial charge in [0.25, 0.3) is 0 Å². The summed E-state index contributed by atoms with van der Waals surface area (Å²) < 4.78 is 5.29. The van der Waals surface area contributed by atoms with Gasteiger partial charge in [-0.1, -0.05) is 0 Å². The molecule has 0 saturated carbocycles. The van der Waals surface area contributed by atoms with E-state index in [1.807, 2.05) is 13.8 Å². The van der Waals surface area contributed by atoms with E-state index >= 15 is 0 Å². The second-order valence-electron chi connectivity index (χ2n) is 7.13. The molecule has 2 aliphatic heterocycles. The van der Waals surface area contributed by atoms with E-state index in [0.717, 1.165) is 50.7 Å². The lowest BCUT2D eigenvalue weighted by Crippen LogP contribution is -2.37. The largest absolute Gasteiger partial charge is 0.463 e. The van der Waals surface area contributed by atoms with Crippen molar-refractivity contribution in [1.29, 1.82) is 0 Å². The van der Waals surface area contributed by atoms with Gasteiger partial charge in [-0.25, -0.2) is 9.97 Å². The Hall–Kier alpha value is -1.85. The van der Waals surface area contributed by atoms with Crippen molar-refractivity contribution >= 4 is 17.6 Å². The standard InChI is InChI=1S/C18H28N4O2/c1-14(2)24-18(23)10-15-6-5-9-22(12-15)17-11-16(19-13-20-17)21-7-3-4-8-21/h11,13-15H,3-10,12H2,1-2H3. The first kappa shape index (κ1) is 17.0. The molecule has 2 aliphatic rings. The quantitative estimate of drug-likeness (QED) is 0.773. The maximum atomic E-state index is 11.9. The lowest BCUT2D eigenvalue weighted by molar-refractivity contribution is -0.148. The van der Waals surface area contributed by atoms with Crippen molar-refractivity contribution in [2.45, 2.75) is 52.1 Å². The Kier molecular flexibility index (Phi) is 5.53. The first-order valence-electron chi connectivity index (χ1n) is 9.13. The van der Waals surface area contributed by atoms with Crippen molar-refractivity contribution in [3.05, 3.63) is 12.4 Å². The van der Waals surface area contributed by atoms with Gasteiger partial charge in [0.2, 0.25) is 0 Å². The third-order valence-corrected chi connectivity index (χ3v) is 4.73. The second kappa shape index (κ2) is 7.81. The Morgan fingerprint density at radius 3 is 2.54 bits per heavy atom. The van der Waals surface area contributed by atoms with Crippen molar-refractivity contribution in [2.24, 2.45) is 5.92 Å². The monoisotopic (exact) mass is 332 g/mol. The molecule has 2 saturated heterocycles. The zero-order valence-corrected chi connectivity index (χ0v) is 14.8. The molecule has 2 fully saturated rings. The van der Waals surface area contributed by atoms with Gasteiger partial charge >= 0.3 is 5.97 Å². The summed E-state index contributed by atoms with van der Waals surface area (Å²) in [5.74, 6) is 2.26. The van der Waals surface area contributed by atoms with E-state index in [9.17, 15) is 4.79 Å². The van der Waals surface area contributed by atoms with Crippen LogP contribution in [0.3, 0.4) is 0 Å². The number of ether oxygens (including phenoxy) is 1. The summed E-state index contributed by atoms with van der Waals surface area (Å²) in [5.41, 5.74) is 0.